The van der Waals surface area contributed by atoms with Crippen molar-refractivity contribution in [2.75, 3.05) is 26.2 Å². The van der Waals surface area contributed by atoms with Crippen LogP contribution in [0.15, 0.2) is 30.4 Å². The largest absolute Gasteiger partial charge is 0.314 e. The van der Waals surface area contributed by atoms with Crippen LogP contribution in [0.25, 0.3) is 0 Å². The Bertz CT molecular complexity index is 450. The number of nitrogens with one attached hydrogen (secondary N) is 1. The zero-order valence-electron chi connectivity index (χ0n) is 11.9. The van der Waals surface area contributed by atoms with Crippen molar-refractivity contribution < 1.29 is 0 Å². The van der Waals surface area contributed by atoms with Gasteiger partial charge >= 0.3 is 0 Å². The van der Waals surface area contributed by atoms with Gasteiger partial charge in [-0.05, 0) is 37.5 Å². The minimum atomic E-state index is 0.401. The minimum Gasteiger partial charge on any atom is -0.314 e. The molecule has 0 saturated carbocycles. The summed E-state index contributed by atoms with van der Waals surface area (Å²) in [5, 5.41) is 4.27. The van der Waals surface area contributed by atoms with E-state index in [-0.39, 0.29) is 0 Å². The molecule has 0 aliphatic carbocycles. The molecule has 1 saturated heterocycles. The summed E-state index contributed by atoms with van der Waals surface area (Å²) in [6, 6.07) is 6.84. The lowest BCUT2D eigenvalue weighted by Gasteiger charge is -2.35. The lowest BCUT2D eigenvalue weighted by atomic mass is 9.97. The third kappa shape index (κ3) is 3.82. The lowest BCUT2D eigenvalue weighted by Crippen LogP contribution is -2.45. The number of aryl methyl sites for hydroxylation is 1. The van der Waals surface area contributed by atoms with Crippen molar-refractivity contribution in [3.8, 4) is 0 Å². The second-order valence-corrected chi connectivity index (χ2v) is 5.88. The topological polar surface area (TPSA) is 15.3 Å². The third-order valence-corrected chi connectivity index (χ3v) is 4.12. The maximum absolute atomic E-state index is 6.28. The van der Waals surface area contributed by atoms with Crippen LogP contribution in [-0.2, 0) is 0 Å². The third-order valence-electron chi connectivity index (χ3n) is 3.71. The van der Waals surface area contributed by atoms with Gasteiger partial charge in [-0.15, -0.1) is 6.58 Å². The Hall–Kier alpha value is -0.830. The Kier molecular flexibility index (Phi) is 5.03. The first-order valence-electron chi connectivity index (χ1n) is 6.93. The summed E-state index contributed by atoms with van der Waals surface area (Å²) in [6.45, 7) is 12.5. The Morgan fingerprint density at radius 1 is 1.42 bits per heavy atom. The first-order chi connectivity index (χ1) is 9.08. The monoisotopic (exact) mass is 278 g/mol. The van der Waals surface area contributed by atoms with Crippen molar-refractivity contribution >= 4 is 11.6 Å². The first kappa shape index (κ1) is 14.6. The van der Waals surface area contributed by atoms with E-state index in [1.807, 2.05) is 6.92 Å². The van der Waals surface area contributed by atoms with Gasteiger partial charge in [-0.2, -0.15) is 0 Å². The second-order valence-electron chi connectivity index (χ2n) is 5.47. The fourth-order valence-electron chi connectivity index (χ4n) is 2.60. The highest BCUT2D eigenvalue weighted by Gasteiger charge is 2.22. The van der Waals surface area contributed by atoms with Gasteiger partial charge in [0.05, 0.1) is 0 Å². The number of piperazine rings is 1. The van der Waals surface area contributed by atoms with Gasteiger partial charge in [-0.3, -0.25) is 4.90 Å². The number of nitrogens with zero attached hydrogens (tertiary/aromatic N) is 1. The summed E-state index contributed by atoms with van der Waals surface area (Å²) in [4.78, 5) is 2.53. The van der Waals surface area contributed by atoms with Crippen molar-refractivity contribution in [3.05, 3.63) is 46.5 Å². The van der Waals surface area contributed by atoms with E-state index >= 15 is 0 Å². The van der Waals surface area contributed by atoms with E-state index in [1.165, 1.54) is 11.1 Å². The van der Waals surface area contributed by atoms with Crippen molar-refractivity contribution in [1.29, 1.82) is 0 Å². The van der Waals surface area contributed by atoms with Gasteiger partial charge < -0.3 is 5.32 Å². The molecule has 0 unspecified atom stereocenters. The van der Waals surface area contributed by atoms with Gasteiger partial charge in [0.1, 0.15) is 0 Å². The summed E-state index contributed by atoms with van der Waals surface area (Å²) in [5.41, 5.74) is 3.67. The van der Waals surface area contributed by atoms with Crippen LogP contribution < -0.4 is 5.32 Å². The summed E-state index contributed by atoms with van der Waals surface area (Å²) in [6.07, 6.45) is 0.999. The van der Waals surface area contributed by atoms with Crippen molar-refractivity contribution in [2.24, 2.45) is 0 Å². The average molecular weight is 279 g/mol. The van der Waals surface area contributed by atoms with Gasteiger partial charge in [0.25, 0.3) is 0 Å². The number of hydrogen-bond donors (Lipinski definition) is 1. The summed E-state index contributed by atoms with van der Waals surface area (Å²) >= 11 is 6.28. The normalized spacial score (nSPS) is 18.3. The highest BCUT2D eigenvalue weighted by atomic mass is 35.5. The van der Waals surface area contributed by atoms with Gasteiger partial charge in [0.15, 0.2) is 0 Å². The molecular weight excluding hydrogens is 256 g/mol. The SMILES string of the molecule is C=C(C)C[C@H](c1ccc(C)c(Cl)c1)N1CCNCC1. The van der Waals surface area contributed by atoms with Crippen LogP contribution in [0.1, 0.15) is 30.5 Å². The van der Waals surface area contributed by atoms with Crippen LogP contribution >= 0.6 is 11.6 Å². The smallest absolute Gasteiger partial charge is 0.0438 e. The second kappa shape index (κ2) is 6.56. The standard InChI is InChI=1S/C16H23ClN2/c1-12(2)10-16(19-8-6-18-7-9-19)14-5-4-13(3)15(17)11-14/h4-5,11,16,18H,1,6-10H2,2-3H3/t16-/m1/s1. The Balaban J connectivity index is 2.24. The van der Waals surface area contributed by atoms with E-state index in [0.29, 0.717) is 6.04 Å². The van der Waals surface area contributed by atoms with E-state index in [2.05, 4.69) is 41.9 Å². The molecule has 0 radical (unpaired) electrons. The van der Waals surface area contributed by atoms with Gasteiger partial charge in [-0.25, -0.2) is 0 Å². The highest BCUT2D eigenvalue weighted by Crippen LogP contribution is 2.30. The molecule has 19 heavy (non-hydrogen) atoms. The molecule has 1 N–H and O–H groups in total. The molecule has 3 heteroatoms. The van der Waals surface area contributed by atoms with E-state index in [0.717, 1.165) is 43.2 Å². The molecule has 0 aromatic heterocycles. The Morgan fingerprint density at radius 3 is 2.68 bits per heavy atom. The molecule has 1 aromatic rings. The molecule has 0 spiro atoms. The maximum Gasteiger partial charge on any atom is 0.0438 e. The quantitative estimate of drug-likeness (QED) is 0.847. The molecule has 0 bridgehead atoms. The molecule has 2 nitrogen and oxygen atoms in total. The Morgan fingerprint density at radius 2 is 2.11 bits per heavy atom. The molecule has 1 fully saturated rings. The molecule has 1 heterocycles. The predicted molar refractivity (Wildman–Crippen MR) is 82.8 cm³/mol. The van der Waals surface area contributed by atoms with Crippen LogP contribution in [0.2, 0.25) is 5.02 Å². The molecule has 1 atom stereocenters. The molecule has 2 rings (SSSR count). The fourth-order valence-corrected chi connectivity index (χ4v) is 2.79. The number of halogens is 1. The number of hydrogen-bond acceptors (Lipinski definition) is 2. The predicted octanol–water partition coefficient (Wildman–Crippen LogP) is 3.56. The number of benzene rings is 1. The van der Waals surface area contributed by atoms with Crippen LogP contribution in [-0.4, -0.2) is 31.1 Å². The maximum atomic E-state index is 6.28. The summed E-state index contributed by atoms with van der Waals surface area (Å²) in [5.74, 6) is 0. The molecule has 104 valence electrons. The summed E-state index contributed by atoms with van der Waals surface area (Å²) in [7, 11) is 0. The van der Waals surface area contributed by atoms with Crippen molar-refractivity contribution in [1.82, 2.24) is 10.2 Å². The van der Waals surface area contributed by atoms with Gasteiger partial charge in [-0.1, -0.05) is 29.3 Å². The fraction of sp³-hybridized carbons (Fsp3) is 0.500. The van der Waals surface area contributed by atoms with Crippen LogP contribution in [0.4, 0.5) is 0 Å². The van der Waals surface area contributed by atoms with Crippen molar-refractivity contribution in [3.63, 3.8) is 0 Å². The summed E-state index contributed by atoms with van der Waals surface area (Å²) < 4.78 is 0. The van der Waals surface area contributed by atoms with E-state index < -0.39 is 0 Å². The highest BCUT2D eigenvalue weighted by molar-refractivity contribution is 6.31. The minimum absolute atomic E-state index is 0.401. The van der Waals surface area contributed by atoms with E-state index in [9.17, 15) is 0 Å². The van der Waals surface area contributed by atoms with E-state index in [4.69, 9.17) is 11.6 Å². The molecule has 0 amide bonds. The first-order valence-corrected chi connectivity index (χ1v) is 7.31. The van der Waals surface area contributed by atoms with Gasteiger partial charge in [0, 0.05) is 37.2 Å². The average Bonchev–Trinajstić information content (AvgIpc) is 2.40. The van der Waals surface area contributed by atoms with Crippen LogP contribution in [0.5, 0.6) is 0 Å². The van der Waals surface area contributed by atoms with Gasteiger partial charge in [0.2, 0.25) is 0 Å². The molecule has 1 aliphatic heterocycles. The molecular formula is C16H23ClN2. The zero-order chi connectivity index (χ0) is 13.8. The Labute approximate surface area is 121 Å². The molecule has 1 aliphatic rings. The van der Waals surface area contributed by atoms with E-state index in [1.54, 1.807) is 0 Å². The van der Waals surface area contributed by atoms with Crippen molar-refractivity contribution in [2.45, 2.75) is 26.3 Å². The van der Waals surface area contributed by atoms with Crippen LogP contribution in [0.3, 0.4) is 0 Å². The number of rotatable bonds is 4. The molecule has 1 aromatic carbocycles. The van der Waals surface area contributed by atoms with Crippen LogP contribution in [0, 0.1) is 6.92 Å². The zero-order valence-corrected chi connectivity index (χ0v) is 12.6. The lowest BCUT2D eigenvalue weighted by molar-refractivity contribution is 0.172.